The van der Waals surface area contributed by atoms with E-state index in [9.17, 15) is 0 Å². The van der Waals surface area contributed by atoms with Crippen molar-refractivity contribution in [1.29, 1.82) is 0 Å². The molecule has 2 aromatic carbocycles. The van der Waals surface area contributed by atoms with Gasteiger partial charge in [0.2, 0.25) is 0 Å². The van der Waals surface area contributed by atoms with Crippen LogP contribution in [0.15, 0.2) is 53.6 Å². The Labute approximate surface area is 172 Å². The monoisotopic (exact) mass is 396 g/mol. The third-order valence-corrected chi connectivity index (χ3v) is 5.10. The fourth-order valence-corrected chi connectivity index (χ4v) is 3.46. The second-order valence-electron chi connectivity index (χ2n) is 6.94. The summed E-state index contributed by atoms with van der Waals surface area (Å²) in [6, 6.07) is 16.2. The van der Waals surface area contributed by atoms with Crippen molar-refractivity contribution in [2.75, 3.05) is 30.4 Å². The number of benzene rings is 2. The van der Waals surface area contributed by atoms with E-state index in [1.807, 2.05) is 31.2 Å². The van der Waals surface area contributed by atoms with E-state index >= 15 is 0 Å². The zero-order valence-corrected chi connectivity index (χ0v) is 17.4. The molecule has 6 heteroatoms. The van der Waals surface area contributed by atoms with Gasteiger partial charge in [0, 0.05) is 30.5 Å². The SMILES string of the molecule is COc1cccc(NC(=S)N/N=C(/C)c2ccc(N3CCCCCC3)cc2)c1. The van der Waals surface area contributed by atoms with Gasteiger partial charge in [-0.25, -0.2) is 0 Å². The molecule has 5 nitrogen and oxygen atoms in total. The lowest BCUT2D eigenvalue weighted by atomic mass is 10.1. The number of hydrazone groups is 1. The third-order valence-electron chi connectivity index (χ3n) is 4.91. The molecule has 1 aliphatic rings. The number of ether oxygens (including phenoxy) is 1. The van der Waals surface area contributed by atoms with Crippen molar-refractivity contribution < 1.29 is 4.74 Å². The maximum absolute atomic E-state index is 5.33. The number of hydrogen-bond acceptors (Lipinski definition) is 4. The molecule has 28 heavy (non-hydrogen) atoms. The molecule has 0 aliphatic carbocycles. The van der Waals surface area contributed by atoms with Crippen molar-refractivity contribution in [3.63, 3.8) is 0 Å². The molecule has 1 heterocycles. The van der Waals surface area contributed by atoms with Gasteiger partial charge in [-0.05, 0) is 61.8 Å². The lowest BCUT2D eigenvalue weighted by Crippen LogP contribution is -2.25. The molecule has 148 valence electrons. The molecule has 2 aromatic rings. The van der Waals surface area contributed by atoms with Crippen molar-refractivity contribution >= 4 is 34.4 Å². The van der Waals surface area contributed by atoms with Crippen molar-refractivity contribution in [1.82, 2.24) is 5.43 Å². The van der Waals surface area contributed by atoms with Crippen LogP contribution >= 0.6 is 12.2 Å². The van der Waals surface area contributed by atoms with Crippen LogP contribution in [0.5, 0.6) is 5.75 Å². The van der Waals surface area contributed by atoms with Crippen molar-refractivity contribution in [3.05, 3.63) is 54.1 Å². The molecule has 0 bridgehead atoms. The maximum atomic E-state index is 5.33. The first-order chi connectivity index (χ1) is 13.7. The lowest BCUT2D eigenvalue weighted by molar-refractivity contribution is 0.415. The Morgan fingerprint density at radius 2 is 1.75 bits per heavy atom. The van der Waals surface area contributed by atoms with Crippen LogP contribution in [0.4, 0.5) is 11.4 Å². The second kappa shape index (κ2) is 10.1. The minimum atomic E-state index is 0.439. The summed E-state index contributed by atoms with van der Waals surface area (Å²) in [4.78, 5) is 2.48. The van der Waals surface area contributed by atoms with E-state index in [1.54, 1.807) is 7.11 Å². The number of thiocarbonyl (C=S) groups is 1. The van der Waals surface area contributed by atoms with Crippen LogP contribution in [-0.2, 0) is 0 Å². The smallest absolute Gasteiger partial charge is 0.191 e. The zero-order valence-electron chi connectivity index (χ0n) is 16.6. The number of nitrogens with zero attached hydrogens (tertiary/aromatic N) is 2. The molecule has 0 radical (unpaired) electrons. The molecule has 3 rings (SSSR count). The van der Waals surface area contributed by atoms with Gasteiger partial charge in [0.15, 0.2) is 5.11 Å². The van der Waals surface area contributed by atoms with Gasteiger partial charge in [0.1, 0.15) is 5.75 Å². The third kappa shape index (κ3) is 5.70. The highest BCUT2D eigenvalue weighted by Crippen LogP contribution is 2.20. The first kappa shape index (κ1) is 20.1. The summed E-state index contributed by atoms with van der Waals surface area (Å²) < 4.78 is 5.22. The summed E-state index contributed by atoms with van der Waals surface area (Å²) >= 11 is 5.33. The molecular weight excluding hydrogens is 368 g/mol. The standard InChI is InChI=1S/C22H28N4OS/c1-17(24-25-22(28)23-19-8-7-9-21(16-19)27-2)18-10-12-20(13-11-18)26-14-5-3-4-6-15-26/h7-13,16H,3-6,14-15H2,1-2H3,(H2,23,25,28)/b24-17-. The van der Waals surface area contributed by atoms with Gasteiger partial charge in [-0.2, -0.15) is 5.10 Å². The quantitative estimate of drug-likeness (QED) is 0.432. The average Bonchev–Trinajstić information content (AvgIpc) is 3.02. The molecule has 0 saturated carbocycles. The zero-order chi connectivity index (χ0) is 19.8. The first-order valence-corrected chi connectivity index (χ1v) is 10.2. The summed E-state index contributed by atoms with van der Waals surface area (Å²) in [7, 11) is 1.64. The fourth-order valence-electron chi connectivity index (χ4n) is 3.30. The fraction of sp³-hybridized carbons (Fsp3) is 0.364. The highest BCUT2D eigenvalue weighted by atomic mass is 32.1. The predicted octanol–water partition coefficient (Wildman–Crippen LogP) is 4.79. The van der Waals surface area contributed by atoms with E-state index in [0.717, 1.165) is 35.8 Å². The normalized spacial score (nSPS) is 14.9. The Hall–Kier alpha value is -2.60. The number of hydrogen-bond donors (Lipinski definition) is 2. The summed E-state index contributed by atoms with van der Waals surface area (Å²) in [5.74, 6) is 0.775. The molecule has 0 aromatic heterocycles. The van der Waals surface area contributed by atoms with Gasteiger partial charge in [-0.15, -0.1) is 0 Å². The molecule has 1 aliphatic heterocycles. The van der Waals surface area contributed by atoms with Gasteiger partial charge >= 0.3 is 0 Å². The topological polar surface area (TPSA) is 48.9 Å². The highest BCUT2D eigenvalue weighted by Gasteiger charge is 2.10. The molecule has 0 amide bonds. The molecular formula is C22H28N4OS. The molecule has 2 N–H and O–H groups in total. The summed E-state index contributed by atoms with van der Waals surface area (Å²) in [6.07, 6.45) is 5.25. The van der Waals surface area contributed by atoms with E-state index in [1.165, 1.54) is 31.4 Å². The number of rotatable bonds is 5. The molecule has 0 unspecified atom stereocenters. The van der Waals surface area contributed by atoms with E-state index in [0.29, 0.717) is 5.11 Å². The largest absolute Gasteiger partial charge is 0.497 e. The lowest BCUT2D eigenvalue weighted by Gasteiger charge is -2.22. The first-order valence-electron chi connectivity index (χ1n) is 9.76. The summed E-state index contributed by atoms with van der Waals surface area (Å²) in [6.45, 7) is 4.28. The number of methoxy groups -OCH3 is 1. The van der Waals surface area contributed by atoms with Gasteiger partial charge < -0.3 is 15.0 Å². The summed E-state index contributed by atoms with van der Waals surface area (Å²) in [5, 5.41) is 7.96. The van der Waals surface area contributed by atoms with Crippen molar-refractivity contribution in [2.24, 2.45) is 5.10 Å². The molecule has 0 atom stereocenters. The van der Waals surface area contributed by atoms with Crippen molar-refractivity contribution in [3.8, 4) is 5.75 Å². The van der Waals surface area contributed by atoms with Gasteiger partial charge in [-0.1, -0.05) is 31.0 Å². The Bertz CT molecular complexity index is 812. The Kier molecular flexibility index (Phi) is 7.25. The van der Waals surface area contributed by atoms with Crippen LogP contribution in [0, 0.1) is 0 Å². The summed E-state index contributed by atoms with van der Waals surface area (Å²) in [5.41, 5.74) is 7.02. The van der Waals surface area contributed by atoms with Gasteiger partial charge in [-0.3, -0.25) is 5.43 Å². The number of nitrogens with one attached hydrogen (secondary N) is 2. The van der Waals surface area contributed by atoms with E-state index in [-0.39, 0.29) is 0 Å². The molecule has 1 saturated heterocycles. The average molecular weight is 397 g/mol. The Morgan fingerprint density at radius 1 is 1.04 bits per heavy atom. The highest BCUT2D eigenvalue weighted by molar-refractivity contribution is 7.80. The van der Waals surface area contributed by atoms with E-state index in [2.05, 4.69) is 45.0 Å². The predicted molar refractivity (Wildman–Crippen MR) is 122 cm³/mol. The molecule has 0 spiro atoms. The van der Waals surface area contributed by atoms with Crippen LogP contribution in [0.1, 0.15) is 38.2 Å². The van der Waals surface area contributed by atoms with E-state index in [4.69, 9.17) is 17.0 Å². The van der Waals surface area contributed by atoms with Crippen LogP contribution in [0.2, 0.25) is 0 Å². The maximum Gasteiger partial charge on any atom is 0.191 e. The Morgan fingerprint density at radius 3 is 2.43 bits per heavy atom. The van der Waals surface area contributed by atoms with Crippen LogP contribution in [-0.4, -0.2) is 31.0 Å². The molecule has 1 fully saturated rings. The van der Waals surface area contributed by atoms with E-state index < -0.39 is 0 Å². The van der Waals surface area contributed by atoms with Gasteiger partial charge in [0.25, 0.3) is 0 Å². The number of anilines is 2. The van der Waals surface area contributed by atoms with Crippen LogP contribution in [0.3, 0.4) is 0 Å². The second-order valence-corrected chi connectivity index (χ2v) is 7.35. The Balaban J connectivity index is 1.57. The van der Waals surface area contributed by atoms with Crippen molar-refractivity contribution in [2.45, 2.75) is 32.6 Å². The van der Waals surface area contributed by atoms with Gasteiger partial charge in [0.05, 0.1) is 12.8 Å². The van der Waals surface area contributed by atoms with Crippen LogP contribution in [0.25, 0.3) is 0 Å². The van der Waals surface area contributed by atoms with Crippen LogP contribution < -0.4 is 20.4 Å². The minimum Gasteiger partial charge on any atom is -0.497 e. The minimum absolute atomic E-state index is 0.439.